The van der Waals surface area contributed by atoms with Gasteiger partial charge in [-0.15, -0.1) is 0 Å². The van der Waals surface area contributed by atoms with E-state index in [4.69, 9.17) is 15.2 Å². The zero-order chi connectivity index (χ0) is 16.1. The second kappa shape index (κ2) is 6.85. The molecule has 0 saturated heterocycles. The van der Waals surface area contributed by atoms with Gasteiger partial charge in [0.15, 0.2) is 6.79 Å². The number of hydrogen-bond donors (Lipinski definition) is 1. The fraction of sp³-hybridized carbons (Fsp3) is 0.118. The Morgan fingerprint density at radius 1 is 1.00 bits per heavy atom. The summed E-state index contributed by atoms with van der Waals surface area (Å²) in [7, 11) is 1.58. The second-order valence-corrected chi connectivity index (χ2v) is 4.80. The van der Waals surface area contributed by atoms with Crippen LogP contribution in [0.4, 0.5) is 5.82 Å². The van der Waals surface area contributed by atoms with Crippen LogP contribution in [0.15, 0.2) is 55.0 Å². The Morgan fingerprint density at radius 3 is 2.43 bits per heavy atom. The van der Waals surface area contributed by atoms with Gasteiger partial charge >= 0.3 is 0 Å². The molecule has 2 heterocycles. The van der Waals surface area contributed by atoms with Crippen molar-refractivity contribution in [2.24, 2.45) is 0 Å². The van der Waals surface area contributed by atoms with E-state index in [-0.39, 0.29) is 6.79 Å². The molecule has 2 aromatic heterocycles. The molecule has 0 saturated carbocycles. The monoisotopic (exact) mass is 308 g/mol. The van der Waals surface area contributed by atoms with Crippen LogP contribution >= 0.6 is 0 Å². The van der Waals surface area contributed by atoms with Crippen molar-refractivity contribution in [1.82, 2.24) is 15.0 Å². The third-order valence-electron chi connectivity index (χ3n) is 3.25. The number of nitrogens with two attached hydrogens (primary N) is 1. The molecule has 0 atom stereocenters. The van der Waals surface area contributed by atoms with Crippen LogP contribution in [0.5, 0.6) is 5.75 Å². The number of ether oxygens (including phenoxy) is 2. The molecule has 0 aliphatic heterocycles. The summed E-state index contributed by atoms with van der Waals surface area (Å²) in [6, 6.07) is 11.2. The van der Waals surface area contributed by atoms with Gasteiger partial charge in [-0.25, -0.2) is 9.97 Å². The van der Waals surface area contributed by atoms with Gasteiger partial charge in [0.05, 0.1) is 11.9 Å². The third-order valence-corrected chi connectivity index (χ3v) is 3.25. The summed E-state index contributed by atoms with van der Waals surface area (Å²) in [5.41, 5.74) is 9.17. The molecule has 2 N–H and O–H groups in total. The average molecular weight is 308 g/mol. The van der Waals surface area contributed by atoms with E-state index in [0.717, 1.165) is 16.8 Å². The molecule has 0 spiro atoms. The van der Waals surface area contributed by atoms with Gasteiger partial charge in [-0.2, -0.15) is 0 Å². The average Bonchev–Trinajstić information content (AvgIpc) is 2.62. The molecule has 3 rings (SSSR count). The summed E-state index contributed by atoms with van der Waals surface area (Å²) in [4.78, 5) is 12.9. The molecule has 0 radical (unpaired) electrons. The quantitative estimate of drug-likeness (QED) is 0.730. The number of hydrogen-bond acceptors (Lipinski definition) is 6. The van der Waals surface area contributed by atoms with Crippen LogP contribution in [0.25, 0.3) is 22.5 Å². The normalized spacial score (nSPS) is 10.5. The minimum absolute atomic E-state index is 0.207. The molecular weight excluding hydrogens is 292 g/mol. The summed E-state index contributed by atoms with van der Waals surface area (Å²) >= 11 is 0. The number of nitrogen functional groups attached to an aromatic ring is 1. The maximum absolute atomic E-state index is 5.98. The third kappa shape index (κ3) is 3.44. The van der Waals surface area contributed by atoms with Crippen molar-refractivity contribution in [3.05, 3.63) is 55.0 Å². The first-order valence-corrected chi connectivity index (χ1v) is 7.03. The molecule has 0 aliphatic carbocycles. The highest BCUT2D eigenvalue weighted by Gasteiger charge is 2.09. The number of anilines is 1. The maximum Gasteiger partial charge on any atom is 0.188 e. The van der Waals surface area contributed by atoms with E-state index < -0.39 is 0 Å². The van der Waals surface area contributed by atoms with Crippen molar-refractivity contribution in [1.29, 1.82) is 0 Å². The van der Waals surface area contributed by atoms with Crippen molar-refractivity contribution >= 4 is 5.82 Å². The van der Waals surface area contributed by atoms with Gasteiger partial charge in [0.1, 0.15) is 17.3 Å². The Bertz CT molecular complexity index is 776. The Labute approximate surface area is 134 Å². The number of nitrogens with zero attached hydrogens (tertiary/aromatic N) is 3. The van der Waals surface area contributed by atoms with Crippen LogP contribution in [-0.4, -0.2) is 28.9 Å². The van der Waals surface area contributed by atoms with Gasteiger partial charge in [-0.05, 0) is 36.4 Å². The highest BCUT2D eigenvalue weighted by Crippen LogP contribution is 2.27. The summed E-state index contributed by atoms with van der Waals surface area (Å²) in [5, 5.41) is 0. The first-order valence-electron chi connectivity index (χ1n) is 7.03. The molecule has 1 aromatic carbocycles. The molecule has 0 aliphatic rings. The van der Waals surface area contributed by atoms with Crippen LogP contribution in [-0.2, 0) is 4.74 Å². The Balaban J connectivity index is 1.93. The predicted molar refractivity (Wildman–Crippen MR) is 87.6 cm³/mol. The molecule has 0 unspecified atom stereocenters. The highest BCUT2D eigenvalue weighted by atomic mass is 16.7. The standard InChI is InChI=1S/C17H16N4O2/c1-22-11-23-14-4-2-13(3-5-14)16-17(18)20-10-15(21-16)12-6-8-19-9-7-12/h2-10H,11H2,1H3,(H2,18,20). The molecule has 0 amide bonds. The zero-order valence-electron chi connectivity index (χ0n) is 12.6. The molecule has 116 valence electrons. The Kier molecular flexibility index (Phi) is 4.44. The lowest BCUT2D eigenvalue weighted by Gasteiger charge is -2.09. The lowest BCUT2D eigenvalue weighted by Crippen LogP contribution is -2.00. The van der Waals surface area contributed by atoms with Gasteiger partial charge in [0.25, 0.3) is 0 Å². The van der Waals surface area contributed by atoms with Gasteiger partial charge in [-0.1, -0.05) is 0 Å². The largest absolute Gasteiger partial charge is 0.468 e. The van der Waals surface area contributed by atoms with Crippen molar-refractivity contribution in [3.63, 3.8) is 0 Å². The van der Waals surface area contributed by atoms with E-state index in [9.17, 15) is 0 Å². The van der Waals surface area contributed by atoms with Crippen LogP contribution in [0.2, 0.25) is 0 Å². The Hall–Kier alpha value is -2.99. The topological polar surface area (TPSA) is 83.2 Å². The van der Waals surface area contributed by atoms with E-state index in [0.29, 0.717) is 17.3 Å². The zero-order valence-corrected chi connectivity index (χ0v) is 12.6. The van der Waals surface area contributed by atoms with Gasteiger partial charge in [-0.3, -0.25) is 4.98 Å². The first kappa shape index (κ1) is 14.9. The maximum atomic E-state index is 5.98. The molecule has 3 aromatic rings. The molecular formula is C17H16N4O2. The Morgan fingerprint density at radius 2 is 1.74 bits per heavy atom. The summed E-state index contributed by atoms with van der Waals surface area (Å²) in [5.74, 6) is 1.10. The number of rotatable bonds is 5. The fourth-order valence-electron chi connectivity index (χ4n) is 2.11. The van der Waals surface area contributed by atoms with E-state index in [1.54, 1.807) is 25.7 Å². The highest BCUT2D eigenvalue weighted by molar-refractivity contribution is 5.73. The van der Waals surface area contributed by atoms with Crippen LogP contribution in [0, 0.1) is 0 Å². The minimum atomic E-state index is 0.207. The van der Waals surface area contributed by atoms with Gasteiger partial charge < -0.3 is 15.2 Å². The van der Waals surface area contributed by atoms with E-state index in [1.807, 2.05) is 36.4 Å². The van der Waals surface area contributed by atoms with Gasteiger partial charge in [0.2, 0.25) is 0 Å². The van der Waals surface area contributed by atoms with E-state index in [2.05, 4.69) is 15.0 Å². The van der Waals surface area contributed by atoms with Crippen LogP contribution in [0.1, 0.15) is 0 Å². The fourth-order valence-corrected chi connectivity index (χ4v) is 2.11. The summed E-state index contributed by atoms with van der Waals surface area (Å²) in [6.45, 7) is 0.207. The molecule has 6 nitrogen and oxygen atoms in total. The van der Waals surface area contributed by atoms with Crippen molar-refractivity contribution in [2.75, 3.05) is 19.6 Å². The number of aromatic nitrogens is 3. The SMILES string of the molecule is COCOc1ccc(-c2nc(-c3ccncc3)cnc2N)cc1. The minimum Gasteiger partial charge on any atom is -0.468 e. The predicted octanol–water partition coefficient (Wildman–Crippen LogP) is 2.77. The van der Waals surface area contributed by atoms with Crippen LogP contribution < -0.4 is 10.5 Å². The first-order chi connectivity index (χ1) is 11.3. The van der Waals surface area contributed by atoms with Crippen molar-refractivity contribution in [3.8, 4) is 28.3 Å². The molecule has 0 fully saturated rings. The van der Waals surface area contributed by atoms with Crippen LogP contribution in [0.3, 0.4) is 0 Å². The molecule has 23 heavy (non-hydrogen) atoms. The lowest BCUT2D eigenvalue weighted by atomic mass is 10.1. The van der Waals surface area contributed by atoms with Crippen molar-refractivity contribution in [2.45, 2.75) is 0 Å². The summed E-state index contributed by atoms with van der Waals surface area (Å²) in [6.07, 6.45) is 5.09. The number of benzene rings is 1. The molecule has 6 heteroatoms. The number of methoxy groups -OCH3 is 1. The summed E-state index contributed by atoms with van der Waals surface area (Å²) < 4.78 is 10.2. The van der Waals surface area contributed by atoms with Crippen molar-refractivity contribution < 1.29 is 9.47 Å². The smallest absolute Gasteiger partial charge is 0.188 e. The number of pyridine rings is 1. The molecule has 0 bridgehead atoms. The van der Waals surface area contributed by atoms with E-state index in [1.165, 1.54) is 0 Å². The van der Waals surface area contributed by atoms with E-state index >= 15 is 0 Å². The second-order valence-electron chi connectivity index (χ2n) is 4.80. The van der Waals surface area contributed by atoms with Gasteiger partial charge in [0, 0.05) is 30.6 Å². The lowest BCUT2D eigenvalue weighted by molar-refractivity contribution is 0.0511.